The van der Waals surface area contributed by atoms with Gasteiger partial charge in [-0.25, -0.2) is 0 Å². The second kappa shape index (κ2) is 7.32. The van der Waals surface area contributed by atoms with Crippen molar-refractivity contribution in [2.45, 2.75) is 40.2 Å². The number of benzene rings is 2. The molecule has 1 N–H and O–H groups in total. The highest BCUT2D eigenvalue weighted by atomic mass is 16.5. The van der Waals surface area contributed by atoms with Gasteiger partial charge in [0.15, 0.2) is 0 Å². The molecule has 3 heteroatoms. The predicted molar refractivity (Wildman–Crippen MR) is 94.1 cm³/mol. The first-order chi connectivity index (χ1) is 11.0. The van der Waals surface area contributed by atoms with Gasteiger partial charge in [0.1, 0.15) is 5.75 Å². The predicted octanol–water partition coefficient (Wildman–Crippen LogP) is 4.50. The fourth-order valence-corrected chi connectivity index (χ4v) is 2.76. The lowest BCUT2D eigenvalue weighted by atomic mass is 10.00. The average molecular weight is 311 g/mol. The third-order valence-corrected chi connectivity index (χ3v) is 4.17. The largest absolute Gasteiger partial charge is 0.496 e. The monoisotopic (exact) mass is 311 g/mol. The number of carbonyl (C=O) groups excluding carboxylic acids is 1. The van der Waals surface area contributed by atoms with Crippen molar-refractivity contribution in [2.24, 2.45) is 0 Å². The molecule has 1 amide bonds. The molecule has 2 aromatic rings. The highest BCUT2D eigenvalue weighted by Gasteiger charge is 2.16. The fraction of sp³-hybridized carbons (Fsp3) is 0.350. The highest BCUT2D eigenvalue weighted by Crippen LogP contribution is 2.24. The molecule has 3 nitrogen and oxygen atoms in total. The van der Waals surface area contributed by atoms with Gasteiger partial charge in [0, 0.05) is 5.56 Å². The van der Waals surface area contributed by atoms with Crippen LogP contribution in [0.1, 0.15) is 52.0 Å². The Bertz CT molecular complexity index is 707. The standard InChI is InChI=1S/C20H25NO2/c1-6-18(16-9-10-19(23-5)15(4)12-16)21-20(22)17-11-13(2)7-8-14(17)3/h7-12,18H,6H2,1-5H3,(H,21,22)/t18-/m1/s1. The van der Waals surface area contributed by atoms with Crippen molar-refractivity contribution in [1.29, 1.82) is 0 Å². The summed E-state index contributed by atoms with van der Waals surface area (Å²) < 4.78 is 5.31. The van der Waals surface area contributed by atoms with Crippen molar-refractivity contribution < 1.29 is 9.53 Å². The van der Waals surface area contributed by atoms with E-state index >= 15 is 0 Å². The van der Waals surface area contributed by atoms with Crippen LogP contribution in [0.5, 0.6) is 5.75 Å². The maximum atomic E-state index is 12.6. The summed E-state index contributed by atoms with van der Waals surface area (Å²) in [7, 11) is 1.67. The zero-order valence-electron chi connectivity index (χ0n) is 14.6. The Hall–Kier alpha value is -2.29. The van der Waals surface area contributed by atoms with Crippen molar-refractivity contribution in [3.05, 3.63) is 64.2 Å². The second-order valence-electron chi connectivity index (χ2n) is 5.98. The highest BCUT2D eigenvalue weighted by molar-refractivity contribution is 5.96. The van der Waals surface area contributed by atoms with Crippen LogP contribution in [-0.4, -0.2) is 13.0 Å². The van der Waals surface area contributed by atoms with Gasteiger partial charge in [-0.15, -0.1) is 0 Å². The topological polar surface area (TPSA) is 38.3 Å². The van der Waals surface area contributed by atoms with Gasteiger partial charge >= 0.3 is 0 Å². The van der Waals surface area contributed by atoms with Crippen LogP contribution in [-0.2, 0) is 0 Å². The summed E-state index contributed by atoms with van der Waals surface area (Å²) in [6, 6.07) is 12.0. The molecule has 0 unspecified atom stereocenters. The Morgan fingerprint density at radius 3 is 2.43 bits per heavy atom. The Labute approximate surface area is 138 Å². The van der Waals surface area contributed by atoms with Crippen molar-refractivity contribution in [3.8, 4) is 5.75 Å². The minimum atomic E-state index is -0.0217. The molecule has 2 rings (SSSR count). The summed E-state index contributed by atoms with van der Waals surface area (Å²) in [5.74, 6) is 0.843. The SMILES string of the molecule is CC[C@@H](NC(=O)c1cc(C)ccc1C)c1ccc(OC)c(C)c1. The maximum Gasteiger partial charge on any atom is 0.252 e. The summed E-state index contributed by atoms with van der Waals surface area (Å²) in [4.78, 5) is 12.6. The number of aryl methyl sites for hydroxylation is 3. The lowest BCUT2D eigenvalue weighted by Gasteiger charge is -2.19. The quantitative estimate of drug-likeness (QED) is 0.883. The summed E-state index contributed by atoms with van der Waals surface area (Å²) in [5, 5.41) is 3.15. The number of ether oxygens (including phenoxy) is 1. The number of nitrogens with one attached hydrogen (secondary N) is 1. The Morgan fingerprint density at radius 2 is 1.83 bits per heavy atom. The minimum Gasteiger partial charge on any atom is -0.496 e. The van der Waals surface area contributed by atoms with E-state index < -0.39 is 0 Å². The second-order valence-corrected chi connectivity index (χ2v) is 5.98. The van der Waals surface area contributed by atoms with Crippen LogP contribution >= 0.6 is 0 Å². The first-order valence-electron chi connectivity index (χ1n) is 7.99. The molecule has 0 saturated carbocycles. The Balaban J connectivity index is 2.23. The first kappa shape index (κ1) is 17.1. The third-order valence-electron chi connectivity index (χ3n) is 4.17. The molecule has 0 bridgehead atoms. The van der Waals surface area contributed by atoms with Gasteiger partial charge in [0.05, 0.1) is 13.2 Å². The molecule has 0 aromatic heterocycles. The smallest absolute Gasteiger partial charge is 0.252 e. The van der Waals surface area contributed by atoms with E-state index in [-0.39, 0.29) is 11.9 Å². The summed E-state index contributed by atoms with van der Waals surface area (Å²) in [5.41, 5.74) is 5.01. The van der Waals surface area contributed by atoms with Crippen LogP contribution in [0.15, 0.2) is 36.4 Å². The lowest BCUT2D eigenvalue weighted by Crippen LogP contribution is -2.28. The number of amides is 1. The summed E-state index contributed by atoms with van der Waals surface area (Å²) in [6.07, 6.45) is 0.836. The fourth-order valence-electron chi connectivity index (χ4n) is 2.76. The molecule has 0 fully saturated rings. The lowest BCUT2D eigenvalue weighted by molar-refractivity contribution is 0.0935. The zero-order chi connectivity index (χ0) is 17.0. The summed E-state index contributed by atoms with van der Waals surface area (Å²) in [6.45, 7) is 8.06. The Morgan fingerprint density at radius 1 is 1.09 bits per heavy atom. The van der Waals surface area contributed by atoms with Crippen LogP contribution in [0.2, 0.25) is 0 Å². The molecule has 0 heterocycles. The molecular formula is C20H25NO2. The minimum absolute atomic E-state index is 0.00739. The number of methoxy groups -OCH3 is 1. The number of hydrogen-bond acceptors (Lipinski definition) is 2. The molecule has 2 aromatic carbocycles. The molecule has 0 radical (unpaired) electrons. The molecule has 0 aliphatic rings. The molecule has 0 aliphatic heterocycles. The van der Waals surface area contributed by atoms with Gasteiger partial charge in [0.25, 0.3) is 5.91 Å². The molecular weight excluding hydrogens is 286 g/mol. The molecule has 0 aliphatic carbocycles. The van der Waals surface area contributed by atoms with Gasteiger partial charge in [-0.05, 0) is 56.0 Å². The van der Waals surface area contributed by atoms with E-state index in [1.165, 1.54) is 0 Å². The third kappa shape index (κ3) is 3.92. The average Bonchev–Trinajstić information content (AvgIpc) is 2.54. The van der Waals surface area contributed by atoms with E-state index in [1.807, 2.05) is 51.1 Å². The van der Waals surface area contributed by atoms with E-state index in [4.69, 9.17) is 4.74 Å². The number of rotatable bonds is 5. The van der Waals surface area contributed by atoms with Crippen molar-refractivity contribution in [3.63, 3.8) is 0 Å². The van der Waals surface area contributed by atoms with Crippen LogP contribution in [0.25, 0.3) is 0 Å². The van der Waals surface area contributed by atoms with E-state index in [0.717, 1.165) is 40.0 Å². The van der Waals surface area contributed by atoms with Crippen molar-refractivity contribution in [1.82, 2.24) is 5.32 Å². The van der Waals surface area contributed by atoms with Crippen LogP contribution in [0.4, 0.5) is 0 Å². The van der Waals surface area contributed by atoms with Gasteiger partial charge < -0.3 is 10.1 Å². The van der Waals surface area contributed by atoms with E-state index in [2.05, 4.69) is 18.3 Å². The number of hydrogen-bond donors (Lipinski definition) is 1. The van der Waals surface area contributed by atoms with Crippen molar-refractivity contribution >= 4 is 5.91 Å². The normalized spacial score (nSPS) is 11.9. The molecule has 1 atom stereocenters. The first-order valence-corrected chi connectivity index (χ1v) is 7.99. The van der Waals surface area contributed by atoms with Crippen LogP contribution < -0.4 is 10.1 Å². The number of carbonyl (C=O) groups is 1. The maximum absolute atomic E-state index is 12.6. The van der Waals surface area contributed by atoms with Gasteiger partial charge in [-0.2, -0.15) is 0 Å². The summed E-state index contributed by atoms with van der Waals surface area (Å²) >= 11 is 0. The van der Waals surface area contributed by atoms with E-state index in [9.17, 15) is 4.79 Å². The Kier molecular flexibility index (Phi) is 5.43. The van der Waals surface area contributed by atoms with Gasteiger partial charge in [-0.3, -0.25) is 4.79 Å². The zero-order valence-corrected chi connectivity index (χ0v) is 14.6. The van der Waals surface area contributed by atoms with Gasteiger partial charge in [-0.1, -0.05) is 36.8 Å². The molecule has 0 spiro atoms. The van der Waals surface area contributed by atoms with E-state index in [1.54, 1.807) is 7.11 Å². The van der Waals surface area contributed by atoms with E-state index in [0.29, 0.717) is 0 Å². The van der Waals surface area contributed by atoms with Crippen molar-refractivity contribution in [2.75, 3.05) is 7.11 Å². The molecule has 23 heavy (non-hydrogen) atoms. The molecule has 122 valence electrons. The van der Waals surface area contributed by atoms with Crippen LogP contribution in [0.3, 0.4) is 0 Å². The van der Waals surface area contributed by atoms with Gasteiger partial charge in [0.2, 0.25) is 0 Å². The molecule has 0 saturated heterocycles. The van der Waals surface area contributed by atoms with Crippen LogP contribution in [0, 0.1) is 20.8 Å².